The van der Waals surface area contributed by atoms with Crippen molar-refractivity contribution in [1.29, 1.82) is 0 Å². The number of hydrogen-bond acceptors (Lipinski definition) is 3. The van der Waals surface area contributed by atoms with E-state index in [4.69, 9.17) is 0 Å². The maximum absolute atomic E-state index is 12.5. The van der Waals surface area contributed by atoms with Crippen LogP contribution in [0.3, 0.4) is 0 Å². The summed E-state index contributed by atoms with van der Waals surface area (Å²) in [6, 6.07) is 10.0. The zero-order valence-electron chi connectivity index (χ0n) is 11.9. The van der Waals surface area contributed by atoms with E-state index in [2.05, 4.69) is 24.1 Å². The Morgan fingerprint density at radius 2 is 2.10 bits per heavy atom. The highest BCUT2D eigenvalue weighted by Gasteiger charge is 2.25. The first kappa shape index (κ1) is 14.7. The van der Waals surface area contributed by atoms with Gasteiger partial charge in [0, 0.05) is 11.6 Å². The van der Waals surface area contributed by atoms with Crippen molar-refractivity contribution in [3.63, 3.8) is 0 Å². The van der Waals surface area contributed by atoms with Crippen molar-refractivity contribution >= 4 is 17.2 Å². The monoisotopic (exact) mass is 288 g/mol. The molecule has 0 bridgehead atoms. The predicted molar refractivity (Wildman–Crippen MR) is 82.6 cm³/mol. The van der Waals surface area contributed by atoms with Crippen LogP contribution in [0.25, 0.3) is 0 Å². The maximum atomic E-state index is 12.5. The Hall–Kier alpha value is -1.68. The van der Waals surface area contributed by atoms with E-state index in [-0.39, 0.29) is 11.8 Å². The first-order chi connectivity index (χ1) is 9.72. The highest BCUT2D eigenvalue weighted by Crippen LogP contribution is 2.27. The topological polar surface area (TPSA) is 42.0 Å². The van der Waals surface area contributed by atoms with Gasteiger partial charge in [-0.3, -0.25) is 4.79 Å². The van der Waals surface area contributed by atoms with E-state index >= 15 is 0 Å². The van der Waals surface area contributed by atoms with Crippen molar-refractivity contribution in [2.75, 3.05) is 0 Å². The summed E-state index contributed by atoms with van der Waals surface area (Å²) in [5, 5.41) is 5.87. The molecule has 0 radical (unpaired) electrons. The molecule has 0 aliphatic carbocycles. The number of amides is 1. The molecule has 0 spiro atoms. The molecule has 0 unspecified atom stereocenters. The molecule has 1 heterocycles. The van der Waals surface area contributed by atoms with E-state index < -0.39 is 0 Å². The van der Waals surface area contributed by atoms with Crippen molar-refractivity contribution in [3.8, 4) is 0 Å². The number of nitrogens with zero attached hydrogens (tertiary/aromatic N) is 1. The average Bonchev–Trinajstić information content (AvgIpc) is 2.99. The Morgan fingerprint density at radius 3 is 2.70 bits per heavy atom. The standard InChI is InChI=1S/C16H20N2OS/c1-3-12(2)15(13-7-5-4-6-8-13)16(19)18-11-14-17-9-10-20-14/h4-10,12,15H,3,11H2,1-2H3,(H,18,19)/t12-,15-/m1/s1. The summed E-state index contributed by atoms with van der Waals surface area (Å²) in [4.78, 5) is 16.7. The van der Waals surface area contributed by atoms with Gasteiger partial charge in [-0.25, -0.2) is 4.98 Å². The van der Waals surface area contributed by atoms with Crippen LogP contribution in [0.1, 0.15) is 36.8 Å². The minimum atomic E-state index is -0.0961. The van der Waals surface area contributed by atoms with Gasteiger partial charge in [-0.15, -0.1) is 11.3 Å². The maximum Gasteiger partial charge on any atom is 0.228 e. The minimum Gasteiger partial charge on any atom is -0.349 e. The summed E-state index contributed by atoms with van der Waals surface area (Å²) >= 11 is 1.56. The number of rotatable bonds is 6. The van der Waals surface area contributed by atoms with Gasteiger partial charge in [0.05, 0.1) is 12.5 Å². The summed E-state index contributed by atoms with van der Waals surface area (Å²) < 4.78 is 0. The van der Waals surface area contributed by atoms with Crippen LogP contribution in [0.2, 0.25) is 0 Å². The molecule has 1 aromatic heterocycles. The summed E-state index contributed by atoms with van der Waals surface area (Å²) in [6.07, 6.45) is 2.74. The van der Waals surface area contributed by atoms with Gasteiger partial charge in [-0.05, 0) is 11.5 Å². The molecule has 2 atom stereocenters. The molecule has 2 rings (SSSR count). The molecule has 2 aromatic rings. The molecule has 1 N–H and O–H groups in total. The van der Waals surface area contributed by atoms with E-state index in [0.717, 1.165) is 17.0 Å². The Bertz CT molecular complexity index is 525. The number of nitrogens with one attached hydrogen (secondary N) is 1. The van der Waals surface area contributed by atoms with Gasteiger partial charge in [-0.2, -0.15) is 0 Å². The van der Waals surface area contributed by atoms with Crippen LogP contribution in [0.5, 0.6) is 0 Å². The number of carbonyl (C=O) groups excluding carboxylic acids is 1. The van der Waals surface area contributed by atoms with Crippen LogP contribution in [0.15, 0.2) is 41.9 Å². The van der Waals surface area contributed by atoms with Gasteiger partial charge < -0.3 is 5.32 Å². The molecule has 0 fully saturated rings. The van der Waals surface area contributed by atoms with Crippen molar-refractivity contribution in [3.05, 3.63) is 52.5 Å². The van der Waals surface area contributed by atoms with E-state index in [1.807, 2.05) is 35.7 Å². The van der Waals surface area contributed by atoms with Crippen LogP contribution < -0.4 is 5.32 Å². The zero-order chi connectivity index (χ0) is 14.4. The summed E-state index contributed by atoms with van der Waals surface area (Å²) in [7, 11) is 0. The number of aromatic nitrogens is 1. The molecular formula is C16H20N2OS. The van der Waals surface area contributed by atoms with E-state index in [1.165, 1.54) is 0 Å². The molecule has 0 aliphatic heterocycles. The molecule has 4 heteroatoms. The van der Waals surface area contributed by atoms with Crippen molar-refractivity contribution in [1.82, 2.24) is 10.3 Å². The molecule has 0 aliphatic rings. The Kier molecular flexibility index (Phi) is 5.30. The highest BCUT2D eigenvalue weighted by molar-refractivity contribution is 7.09. The summed E-state index contributed by atoms with van der Waals surface area (Å²) in [6.45, 7) is 4.76. The SMILES string of the molecule is CC[C@@H](C)[C@@H](C(=O)NCc1nccs1)c1ccccc1. The highest BCUT2D eigenvalue weighted by atomic mass is 32.1. The molecule has 0 saturated heterocycles. The molecule has 1 aromatic carbocycles. The Morgan fingerprint density at radius 1 is 1.35 bits per heavy atom. The molecule has 106 valence electrons. The quantitative estimate of drug-likeness (QED) is 0.882. The van der Waals surface area contributed by atoms with Gasteiger partial charge in [0.1, 0.15) is 5.01 Å². The second-order valence-electron chi connectivity index (χ2n) is 4.92. The molecule has 3 nitrogen and oxygen atoms in total. The number of carbonyl (C=O) groups is 1. The lowest BCUT2D eigenvalue weighted by molar-refractivity contribution is -0.123. The lowest BCUT2D eigenvalue weighted by Crippen LogP contribution is -2.32. The van der Waals surface area contributed by atoms with Crippen molar-refractivity contribution < 1.29 is 4.79 Å². The number of benzene rings is 1. The van der Waals surface area contributed by atoms with E-state index in [9.17, 15) is 4.79 Å². The van der Waals surface area contributed by atoms with Crippen LogP contribution in [-0.2, 0) is 11.3 Å². The van der Waals surface area contributed by atoms with Gasteiger partial charge in [0.25, 0.3) is 0 Å². The van der Waals surface area contributed by atoms with Gasteiger partial charge in [-0.1, -0.05) is 50.6 Å². The smallest absolute Gasteiger partial charge is 0.228 e. The van der Waals surface area contributed by atoms with Crippen LogP contribution in [0, 0.1) is 5.92 Å². The third-order valence-corrected chi connectivity index (χ3v) is 4.33. The van der Waals surface area contributed by atoms with Crippen molar-refractivity contribution in [2.24, 2.45) is 5.92 Å². The largest absolute Gasteiger partial charge is 0.349 e. The Labute approximate surface area is 124 Å². The lowest BCUT2D eigenvalue weighted by atomic mass is 9.85. The van der Waals surface area contributed by atoms with Crippen LogP contribution in [-0.4, -0.2) is 10.9 Å². The fourth-order valence-electron chi connectivity index (χ4n) is 2.25. The fraction of sp³-hybridized carbons (Fsp3) is 0.375. The third-order valence-electron chi connectivity index (χ3n) is 3.55. The number of thiazole rings is 1. The molecule has 20 heavy (non-hydrogen) atoms. The second-order valence-corrected chi connectivity index (χ2v) is 5.90. The number of hydrogen-bond donors (Lipinski definition) is 1. The summed E-state index contributed by atoms with van der Waals surface area (Å²) in [5.41, 5.74) is 1.08. The predicted octanol–water partition coefficient (Wildman–Crippen LogP) is 3.59. The fourth-order valence-corrected chi connectivity index (χ4v) is 2.80. The first-order valence-corrected chi connectivity index (χ1v) is 7.81. The average molecular weight is 288 g/mol. The molecular weight excluding hydrogens is 268 g/mol. The first-order valence-electron chi connectivity index (χ1n) is 6.93. The van der Waals surface area contributed by atoms with Gasteiger partial charge in [0.2, 0.25) is 5.91 Å². The lowest BCUT2D eigenvalue weighted by Gasteiger charge is -2.22. The summed E-state index contributed by atoms with van der Waals surface area (Å²) in [5.74, 6) is 0.301. The minimum absolute atomic E-state index is 0.0840. The Balaban J connectivity index is 2.08. The van der Waals surface area contributed by atoms with Crippen LogP contribution in [0.4, 0.5) is 0 Å². The van der Waals surface area contributed by atoms with Crippen molar-refractivity contribution in [2.45, 2.75) is 32.7 Å². The van der Waals surface area contributed by atoms with Gasteiger partial charge >= 0.3 is 0 Å². The van der Waals surface area contributed by atoms with Crippen LogP contribution >= 0.6 is 11.3 Å². The zero-order valence-corrected chi connectivity index (χ0v) is 12.7. The van der Waals surface area contributed by atoms with E-state index in [1.54, 1.807) is 17.5 Å². The molecule has 1 amide bonds. The molecule has 0 saturated carbocycles. The third kappa shape index (κ3) is 3.67. The normalized spacial score (nSPS) is 13.7. The second kappa shape index (κ2) is 7.20. The van der Waals surface area contributed by atoms with E-state index in [0.29, 0.717) is 12.5 Å². The van der Waals surface area contributed by atoms with Gasteiger partial charge in [0.15, 0.2) is 0 Å².